The standard InChI is InChI=1S/C12H21N3O4/c1-2-3-4-5-6-7-8-19-9-15-11(17)13-10(16)14-12(15)18/h2-9H2,1H3,(H2,13,14,16,17,18). The van der Waals surface area contributed by atoms with E-state index in [4.69, 9.17) is 4.74 Å². The molecule has 19 heavy (non-hydrogen) atoms. The molecule has 2 N–H and O–H groups in total. The molecule has 0 radical (unpaired) electrons. The van der Waals surface area contributed by atoms with E-state index in [0.717, 1.165) is 17.4 Å². The van der Waals surface area contributed by atoms with E-state index in [1.165, 1.54) is 25.7 Å². The molecule has 0 amide bonds. The Balaban J connectivity index is 2.25. The molecule has 1 rings (SSSR count). The Morgan fingerprint density at radius 3 is 2.16 bits per heavy atom. The lowest BCUT2D eigenvalue weighted by Gasteiger charge is -2.05. The van der Waals surface area contributed by atoms with Crippen molar-refractivity contribution in [2.75, 3.05) is 6.61 Å². The number of nitrogens with one attached hydrogen (secondary N) is 2. The molecule has 0 bridgehead atoms. The quantitative estimate of drug-likeness (QED) is 0.641. The predicted molar refractivity (Wildman–Crippen MR) is 71.3 cm³/mol. The summed E-state index contributed by atoms with van der Waals surface area (Å²) in [6.45, 7) is 2.53. The van der Waals surface area contributed by atoms with Crippen LogP contribution in [-0.2, 0) is 11.5 Å². The van der Waals surface area contributed by atoms with Gasteiger partial charge in [-0.3, -0.25) is 9.97 Å². The second-order valence-electron chi connectivity index (χ2n) is 4.42. The summed E-state index contributed by atoms with van der Waals surface area (Å²) in [5.41, 5.74) is -2.31. The minimum atomic E-state index is -0.804. The topological polar surface area (TPSA) is 96.9 Å². The molecule has 0 atom stereocenters. The Bertz CT molecular complexity index is 495. The van der Waals surface area contributed by atoms with Gasteiger partial charge in [0.15, 0.2) is 0 Å². The molecule has 0 saturated heterocycles. The highest BCUT2D eigenvalue weighted by Crippen LogP contribution is 2.04. The number of rotatable bonds is 9. The second kappa shape index (κ2) is 8.47. The predicted octanol–water partition coefficient (Wildman–Crippen LogP) is 0.560. The number of hydrogen-bond acceptors (Lipinski definition) is 4. The minimum absolute atomic E-state index is 0.139. The van der Waals surface area contributed by atoms with Crippen molar-refractivity contribution in [3.05, 3.63) is 31.5 Å². The fraction of sp³-hybridized carbons (Fsp3) is 0.750. The molecule has 7 heteroatoms. The highest BCUT2D eigenvalue weighted by Gasteiger charge is 2.02. The van der Waals surface area contributed by atoms with Crippen LogP contribution in [0.25, 0.3) is 0 Å². The Hall–Kier alpha value is -1.63. The largest absolute Gasteiger partial charge is 0.360 e. The zero-order valence-corrected chi connectivity index (χ0v) is 11.2. The smallest absolute Gasteiger partial charge is 0.335 e. The number of aromatic amines is 2. The van der Waals surface area contributed by atoms with Crippen molar-refractivity contribution < 1.29 is 4.74 Å². The summed E-state index contributed by atoms with van der Waals surface area (Å²) in [6, 6.07) is 0. The summed E-state index contributed by atoms with van der Waals surface area (Å²) < 4.78 is 6.07. The van der Waals surface area contributed by atoms with Crippen LogP contribution in [0.2, 0.25) is 0 Å². The summed E-state index contributed by atoms with van der Waals surface area (Å²) in [5.74, 6) is 0. The molecule has 0 fully saturated rings. The van der Waals surface area contributed by atoms with Crippen molar-refractivity contribution >= 4 is 0 Å². The Labute approximate surface area is 110 Å². The molecule has 0 spiro atoms. The third kappa shape index (κ3) is 5.69. The van der Waals surface area contributed by atoms with Gasteiger partial charge in [-0.2, -0.15) is 0 Å². The molecule has 0 aliphatic carbocycles. The summed E-state index contributed by atoms with van der Waals surface area (Å²) in [5, 5.41) is 0. The molecule has 0 aliphatic rings. The SMILES string of the molecule is CCCCCCCCOCn1c(=O)[nH]c(=O)[nH]c1=O. The molecule has 1 aromatic rings. The number of hydrogen-bond donors (Lipinski definition) is 2. The minimum Gasteiger partial charge on any atom is -0.360 e. The van der Waals surface area contributed by atoms with Crippen molar-refractivity contribution in [2.24, 2.45) is 0 Å². The first-order valence-electron chi connectivity index (χ1n) is 6.66. The maximum atomic E-state index is 11.3. The van der Waals surface area contributed by atoms with Gasteiger partial charge in [-0.25, -0.2) is 19.0 Å². The average Bonchev–Trinajstić information content (AvgIpc) is 2.35. The molecular formula is C12H21N3O4. The third-order valence-electron chi connectivity index (χ3n) is 2.79. The van der Waals surface area contributed by atoms with Crippen LogP contribution in [0, 0.1) is 0 Å². The van der Waals surface area contributed by atoms with Crippen LogP contribution in [0.3, 0.4) is 0 Å². The van der Waals surface area contributed by atoms with Crippen LogP contribution in [0.5, 0.6) is 0 Å². The summed E-state index contributed by atoms with van der Waals surface area (Å²) >= 11 is 0. The zero-order valence-electron chi connectivity index (χ0n) is 11.2. The monoisotopic (exact) mass is 271 g/mol. The van der Waals surface area contributed by atoms with Crippen molar-refractivity contribution in [3.8, 4) is 0 Å². The molecule has 108 valence electrons. The molecule has 0 unspecified atom stereocenters. The maximum absolute atomic E-state index is 11.3. The van der Waals surface area contributed by atoms with E-state index in [9.17, 15) is 14.4 Å². The van der Waals surface area contributed by atoms with Gasteiger partial charge in [0.05, 0.1) is 0 Å². The number of H-pyrrole nitrogens is 2. The van der Waals surface area contributed by atoms with E-state index in [1.54, 1.807) is 0 Å². The van der Waals surface area contributed by atoms with Crippen molar-refractivity contribution in [2.45, 2.75) is 52.2 Å². The Morgan fingerprint density at radius 2 is 1.53 bits per heavy atom. The van der Waals surface area contributed by atoms with E-state index in [-0.39, 0.29) is 6.73 Å². The van der Waals surface area contributed by atoms with Crippen LogP contribution in [-0.4, -0.2) is 21.1 Å². The van der Waals surface area contributed by atoms with Crippen molar-refractivity contribution in [1.29, 1.82) is 0 Å². The van der Waals surface area contributed by atoms with Crippen LogP contribution < -0.4 is 17.1 Å². The number of aromatic nitrogens is 3. The first-order valence-corrected chi connectivity index (χ1v) is 6.66. The molecule has 0 saturated carbocycles. The molecule has 1 aromatic heterocycles. The number of unbranched alkanes of at least 4 members (excludes halogenated alkanes) is 5. The molecule has 7 nitrogen and oxygen atoms in total. The lowest BCUT2D eigenvalue weighted by molar-refractivity contribution is 0.0674. The van der Waals surface area contributed by atoms with Gasteiger partial charge in [0.25, 0.3) is 0 Å². The van der Waals surface area contributed by atoms with Gasteiger partial charge >= 0.3 is 17.1 Å². The molecule has 0 aliphatic heterocycles. The van der Waals surface area contributed by atoms with Gasteiger partial charge in [0.1, 0.15) is 6.73 Å². The van der Waals surface area contributed by atoms with Crippen LogP contribution >= 0.6 is 0 Å². The fourth-order valence-corrected chi connectivity index (χ4v) is 1.71. The van der Waals surface area contributed by atoms with Crippen LogP contribution in [0.15, 0.2) is 14.4 Å². The first-order chi connectivity index (χ1) is 9.15. The average molecular weight is 271 g/mol. The summed E-state index contributed by atoms with van der Waals surface area (Å²) in [6.07, 6.45) is 6.86. The fourth-order valence-electron chi connectivity index (χ4n) is 1.71. The maximum Gasteiger partial charge on any atom is 0.335 e. The van der Waals surface area contributed by atoms with Gasteiger partial charge in [-0.1, -0.05) is 39.0 Å². The first kappa shape index (κ1) is 15.4. The van der Waals surface area contributed by atoms with Gasteiger partial charge in [-0.05, 0) is 6.42 Å². The van der Waals surface area contributed by atoms with Gasteiger partial charge in [-0.15, -0.1) is 0 Å². The zero-order chi connectivity index (χ0) is 14.1. The summed E-state index contributed by atoms with van der Waals surface area (Å²) in [7, 11) is 0. The number of nitrogens with zero attached hydrogens (tertiary/aromatic N) is 1. The molecule has 0 aromatic carbocycles. The summed E-state index contributed by atoms with van der Waals surface area (Å²) in [4.78, 5) is 37.4. The van der Waals surface area contributed by atoms with Crippen LogP contribution in [0.4, 0.5) is 0 Å². The third-order valence-corrected chi connectivity index (χ3v) is 2.79. The number of ether oxygens (including phenoxy) is 1. The van der Waals surface area contributed by atoms with E-state index in [2.05, 4.69) is 6.92 Å². The van der Waals surface area contributed by atoms with E-state index in [1.807, 2.05) is 9.97 Å². The van der Waals surface area contributed by atoms with E-state index >= 15 is 0 Å². The van der Waals surface area contributed by atoms with E-state index in [0.29, 0.717) is 6.61 Å². The Morgan fingerprint density at radius 1 is 0.947 bits per heavy atom. The lowest BCUT2D eigenvalue weighted by atomic mass is 10.1. The van der Waals surface area contributed by atoms with E-state index < -0.39 is 17.1 Å². The molecule has 1 heterocycles. The molecular weight excluding hydrogens is 250 g/mol. The van der Waals surface area contributed by atoms with Gasteiger partial charge in [0, 0.05) is 6.61 Å². The van der Waals surface area contributed by atoms with Gasteiger partial charge < -0.3 is 4.74 Å². The van der Waals surface area contributed by atoms with Crippen LogP contribution in [0.1, 0.15) is 45.4 Å². The van der Waals surface area contributed by atoms with Crippen molar-refractivity contribution in [1.82, 2.24) is 14.5 Å². The Kier molecular flexibility index (Phi) is 6.88. The highest BCUT2D eigenvalue weighted by atomic mass is 16.5. The highest BCUT2D eigenvalue weighted by molar-refractivity contribution is 4.67. The van der Waals surface area contributed by atoms with Gasteiger partial charge in [0.2, 0.25) is 0 Å². The second-order valence-corrected chi connectivity index (χ2v) is 4.42. The van der Waals surface area contributed by atoms with Crippen molar-refractivity contribution in [3.63, 3.8) is 0 Å². The lowest BCUT2D eigenvalue weighted by Crippen LogP contribution is -2.43. The normalized spacial score (nSPS) is 10.8.